The van der Waals surface area contributed by atoms with Gasteiger partial charge in [0.1, 0.15) is 0 Å². The molecule has 0 spiro atoms. The maximum atomic E-state index is 12.3. The number of nitrogens with zero attached hydrogens (tertiary/aromatic N) is 1. The first-order valence-electron chi connectivity index (χ1n) is 7.64. The van der Waals surface area contributed by atoms with Crippen LogP contribution >= 0.6 is 0 Å². The molecule has 0 aromatic rings. The van der Waals surface area contributed by atoms with E-state index in [0.717, 1.165) is 32.5 Å². The van der Waals surface area contributed by atoms with Crippen molar-refractivity contribution in [1.82, 2.24) is 4.90 Å². The van der Waals surface area contributed by atoms with Gasteiger partial charge in [-0.1, -0.05) is 6.92 Å². The lowest BCUT2D eigenvalue weighted by atomic mass is 9.89. The zero-order valence-electron chi connectivity index (χ0n) is 12.2. The SMILES string of the molecule is CC1CC(C(=O)O)CN(C(=O)CCC2CCOCC2)C1. The zero-order valence-corrected chi connectivity index (χ0v) is 12.2. The number of carbonyl (C=O) groups excluding carboxylic acids is 1. The summed E-state index contributed by atoms with van der Waals surface area (Å²) >= 11 is 0. The molecule has 2 aliphatic rings. The average molecular weight is 283 g/mol. The molecule has 114 valence electrons. The van der Waals surface area contributed by atoms with E-state index in [1.807, 2.05) is 6.92 Å². The molecule has 2 saturated heterocycles. The highest BCUT2D eigenvalue weighted by Gasteiger charge is 2.31. The van der Waals surface area contributed by atoms with Gasteiger partial charge in [0, 0.05) is 32.7 Å². The van der Waals surface area contributed by atoms with Crippen molar-refractivity contribution in [1.29, 1.82) is 0 Å². The summed E-state index contributed by atoms with van der Waals surface area (Å²) in [6.45, 7) is 4.72. The van der Waals surface area contributed by atoms with Crippen LogP contribution in [0.25, 0.3) is 0 Å². The molecular weight excluding hydrogens is 258 g/mol. The van der Waals surface area contributed by atoms with Crippen molar-refractivity contribution in [3.63, 3.8) is 0 Å². The van der Waals surface area contributed by atoms with Gasteiger partial charge in [0.2, 0.25) is 5.91 Å². The molecule has 0 saturated carbocycles. The standard InChI is InChI=1S/C15H25NO4/c1-11-8-13(15(18)19)10-16(9-11)14(17)3-2-12-4-6-20-7-5-12/h11-13H,2-10H2,1H3,(H,18,19). The van der Waals surface area contributed by atoms with Crippen molar-refractivity contribution < 1.29 is 19.4 Å². The van der Waals surface area contributed by atoms with E-state index in [9.17, 15) is 9.59 Å². The summed E-state index contributed by atoms with van der Waals surface area (Å²) in [7, 11) is 0. The first-order valence-corrected chi connectivity index (χ1v) is 7.64. The molecule has 20 heavy (non-hydrogen) atoms. The van der Waals surface area contributed by atoms with Crippen LogP contribution in [0, 0.1) is 17.8 Å². The lowest BCUT2D eigenvalue weighted by Crippen LogP contribution is -2.45. The highest BCUT2D eigenvalue weighted by atomic mass is 16.5. The number of hydrogen-bond donors (Lipinski definition) is 1. The Morgan fingerprint density at radius 2 is 1.95 bits per heavy atom. The monoisotopic (exact) mass is 283 g/mol. The molecular formula is C15H25NO4. The summed E-state index contributed by atoms with van der Waals surface area (Å²) in [4.78, 5) is 25.1. The Morgan fingerprint density at radius 1 is 1.25 bits per heavy atom. The van der Waals surface area contributed by atoms with E-state index in [4.69, 9.17) is 9.84 Å². The second-order valence-corrected chi connectivity index (χ2v) is 6.27. The molecule has 0 bridgehead atoms. The maximum Gasteiger partial charge on any atom is 0.308 e. The van der Waals surface area contributed by atoms with E-state index in [0.29, 0.717) is 31.8 Å². The molecule has 0 aromatic carbocycles. The molecule has 0 aromatic heterocycles. The van der Waals surface area contributed by atoms with Gasteiger partial charge in [0.05, 0.1) is 5.92 Å². The fourth-order valence-corrected chi connectivity index (χ4v) is 3.25. The van der Waals surface area contributed by atoms with E-state index >= 15 is 0 Å². The molecule has 2 rings (SSSR count). The number of aliphatic carboxylic acids is 1. The van der Waals surface area contributed by atoms with Crippen molar-refractivity contribution in [3.05, 3.63) is 0 Å². The molecule has 5 nitrogen and oxygen atoms in total. The van der Waals surface area contributed by atoms with Gasteiger partial charge in [0.25, 0.3) is 0 Å². The van der Waals surface area contributed by atoms with Crippen molar-refractivity contribution in [3.8, 4) is 0 Å². The fourth-order valence-electron chi connectivity index (χ4n) is 3.25. The minimum absolute atomic E-state index is 0.120. The number of amides is 1. The van der Waals surface area contributed by atoms with Crippen LogP contribution in [0.3, 0.4) is 0 Å². The van der Waals surface area contributed by atoms with Crippen LogP contribution in [-0.2, 0) is 14.3 Å². The number of rotatable bonds is 4. The minimum Gasteiger partial charge on any atom is -0.481 e. The number of ether oxygens (including phenoxy) is 1. The summed E-state index contributed by atoms with van der Waals surface area (Å²) in [5.41, 5.74) is 0. The topological polar surface area (TPSA) is 66.8 Å². The molecule has 2 unspecified atom stereocenters. The highest BCUT2D eigenvalue weighted by Crippen LogP contribution is 2.24. The van der Waals surface area contributed by atoms with Gasteiger partial charge in [-0.15, -0.1) is 0 Å². The molecule has 2 atom stereocenters. The molecule has 0 radical (unpaired) electrons. The summed E-state index contributed by atoms with van der Waals surface area (Å²) in [6.07, 6.45) is 4.22. The second kappa shape index (κ2) is 7.07. The van der Waals surface area contributed by atoms with E-state index in [2.05, 4.69) is 0 Å². The maximum absolute atomic E-state index is 12.3. The highest BCUT2D eigenvalue weighted by molar-refractivity contribution is 5.78. The van der Waals surface area contributed by atoms with Crippen LogP contribution in [0.1, 0.15) is 39.0 Å². The Kier molecular flexibility index (Phi) is 5.40. The molecule has 2 fully saturated rings. The Morgan fingerprint density at radius 3 is 2.60 bits per heavy atom. The predicted molar refractivity (Wildman–Crippen MR) is 74.3 cm³/mol. The van der Waals surface area contributed by atoms with Crippen LogP contribution < -0.4 is 0 Å². The van der Waals surface area contributed by atoms with E-state index in [-0.39, 0.29) is 11.8 Å². The third-order valence-corrected chi connectivity index (χ3v) is 4.47. The normalized spacial score (nSPS) is 28.4. The van der Waals surface area contributed by atoms with Crippen LogP contribution in [0.2, 0.25) is 0 Å². The van der Waals surface area contributed by atoms with Gasteiger partial charge in [0.15, 0.2) is 0 Å². The largest absolute Gasteiger partial charge is 0.481 e. The van der Waals surface area contributed by atoms with Crippen molar-refractivity contribution in [2.45, 2.75) is 39.0 Å². The number of carboxylic acid groups (broad SMARTS) is 1. The molecule has 1 amide bonds. The lowest BCUT2D eigenvalue weighted by Gasteiger charge is -2.35. The molecule has 2 aliphatic heterocycles. The van der Waals surface area contributed by atoms with Crippen molar-refractivity contribution in [2.24, 2.45) is 17.8 Å². The Labute approximate surface area is 120 Å². The van der Waals surface area contributed by atoms with Crippen LogP contribution in [0.15, 0.2) is 0 Å². The van der Waals surface area contributed by atoms with Crippen molar-refractivity contribution in [2.75, 3.05) is 26.3 Å². The van der Waals surface area contributed by atoms with E-state index < -0.39 is 11.9 Å². The second-order valence-electron chi connectivity index (χ2n) is 6.27. The van der Waals surface area contributed by atoms with Gasteiger partial charge in [-0.2, -0.15) is 0 Å². The number of carboxylic acids is 1. The summed E-state index contributed by atoms with van der Waals surface area (Å²) < 4.78 is 5.32. The van der Waals surface area contributed by atoms with Gasteiger partial charge >= 0.3 is 5.97 Å². The van der Waals surface area contributed by atoms with Gasteiger partial charge in [-0.3, -0.25) is 9.59 Å². The zero-order chi connectivity index (χ0) is 14.5. The molecule has 0 aliphatic carbocycles. The molecule has 1 N–H and O–H groups in total. The number of piperidine rings is 1. The first kappa shape index (κ1) is 15.3. The molecule has 5 heteroatoms. The minimum atomic E-state index is -0.779. The van der Waals surface area contributed by atoms with Crippen LogP contribution in [0.5, 0.6) is 0 Å². The van der Waals surface area contributed by atoms with Gasteiger partial charge in [-0.25, -0.2) is 0 Å². The summed E-state index contributed by atoms with van der Waals surface area (Å²) in [6, 6.07) is 0. The van der Waals surface area contributed by atoms with Crippen molar-refractivity contribution >= 4 is 11.9 Å². The summed E-state index contributed by atoms with van der Waals surface area (Å²) in [5.74, 6) is -0.194. The fraction of sp³-hybridized carbons (Fsp3) is 0.867. The van der Waals surface area contributed by atoms with Crippen LogP contribution in [0.4, 0.5) is 0 Å². The van der Waals surface area contributed by atoms with Crippen LogP contribution in [-0.4, -0.2) is 48.2 Å². The number of likely N-dealkylation sites (tertiary alicyclic amines) is 1. The van der Waals surface area contributed by atoms with E-state index in [1.165, 1.54) is 0 Å². The van der Waals surface area contributed by atoms with Gasteiger partial charge < -0.3 is 14.7 Å². The third kappa shape index (κ3) is 4.20. The smallest absolute Gasteiger partial charge is 0.308 e. The van der Waals surface area contributed by atoms with Gasteiger partial charge in [-0.05, 0) is 37.5 Å². The summed E-state index contributed by atoms with van der Waals surface area (Å²) in [5, 5.41) is 9.14. The number of hydrogen-bond acceptors (Lipinski definition) is 3. The quantitative estimate of drug-likeness (QED) is 0.853. The Bertz CT molecular complexity index is 352. The number of carbonyl (C=O) groups is 2. The lowest BCUT2D eigenvalue weighted by molar-refractivity contribution is -0.147. The predicted octanol–water partition coefficient (Wildman–Crippen LogP) is 1.76. The Hall–Kier alpha value is -1.10. The average Bonchev–Trinajstić information content (AvgIpc) is 2.45. The Balaban J connectivity index is 1.80. The third-order valence-electron chi connectivity index (χ3n) is 4.47. The molecule has 2 heterocycles. The van der Waals surface area contributed by atoms with E-state index in [1.54, 1.807) is 4.90 Å². The first-order chi connectivity index (χ1) is 9.56.